The van der Waals surface area contributed by atoms with Gasteiger partial charge >= 0.3 is 6.03 Å². The number of para-hydroxylation sites is 1. The number of rotatable bonds is 4. The third-order valence-electron chi connectivity index (χ3n) is 10.4. The molecule has 4 fully saturated rings. The summed E-state index contributed by atoms with van der Waals surface area (Å²) < 4.78 is 0. The first kappa shape index (κ1) is 22.7. The molecule has 0 radical (unpaired) electrons. The highest BCUT2D eigenvalue weighted by molar-refractivity contribution is 5.90. The number of nitrogens with one attached hydrogen (secondary N) is 3. The van der Waals surface area contributed by atoms with Crippen LogP contribution in [0.3, 0.4) is 0 Å². The minimum atomic E-state index is -0.0809. The van der Waals surface area contributed by atoms with Crippen molar-refractivity contribution in [3.8, 4) is 0 Å². The molecule has 180 valence electrons. The fraction of sp³-hybridized carbons (Fsp3) is 0.714. The number of urea groups is 1. The highest BCUT2D eigenvalue weighted by atomic mass is 16.2. The van der Waals surface area contributed by atoms with E-state index in [9.17, 15) is 9.59 Å². The Bertz CT molecular complexity index is 916. The number of hydrogen-bond acceptors (Lipinski definition) is 2. The van der Waals surface area contributed by atoms with Crippen LogP contribution in [0.4, 0.5) is 10.5 Å². The van der Waals surface area contributed by atoms with Crippen molar-refractivity contribution in [2.75, 3.05) is 11.9 Å². The summed E-state index contributed by atoms with van der Waals surface area (Å²) in [6.07, 6.45) is 10.1. The topological polar surface area (TPSA) is 70.2 Å². The van der Waals surface area contributed by atoms with Gasteiger partial charge in [0.1, 0.15) is 0 Å². The van der Waals surface area contributed by atoms with Gasteiger partial charge in [0, 0.05) is 24.7 Å². The molecule has 1 aromatic carbocycles. The van der Waals surface area contributed by atoms with Gasteiger partial charge in [-0.1, -0.05) is 39.0 Å². The number of anilines is 1. The molecule has 7 atom stereocenters. The first-order valence-electron chi connectivity index (χ1n) is 13.3. The molecule has 3 amide bonds. The molecule has 5 nitrogen and oxygen atoms in total. The van der Waals surface area contributed by atoms with Crippen molar-refractivity contribution in [3.63, 3.8) is 0 Å². The van der Waals surface area contributed by atoms with Crippen molar-refractivity contribution < 1.29 is 9.59 Å². The summed E-state index contributed by atoms with van der Waals surface area (Å²) in [5.74, 6) is 3.06. The van der Waals surface area contributed by atoms with Crippen LogP contribution in [0.2, 0.25) is 0 Å². The van der Waals surface area contributed by atoms with Crippen molar-refractivity contribution in [3.05, 3.63) is 29.8 Å². The van der Waals surface area contributed by atoms with E-state index in [0.717, 1.165) is 49.2 Å². The fourth-order valence-corrected chi connectivity index (χ4v) is 8.48. The standard InChI is InChI=1S/C28H41N3O2/c1-4-18-7-5-6-8-23(18)30-26(33)29-17-19-9-11-21-20-10-12-24-28(3,16-14-25(32)31-24)22(20)13-15-27(19,21)2/h5-8,19-22,24H,4,9-17H2,1-3H3,(H,31,32)(H2,29,30,33)/t19-,20+,21+,22+,24-,27-,28-/m1/s1. The lowest BCUT2D eigenvalue weighted by atomic mass is 9.47. The number of fused-ring (bicyclic) bond motifs is 5. The predicted octanol–water partition coefficient (Wildman–Crippen LogP) is 5.51. The molecule has 1 aromatic rings. The van der Waals surface area contributed by atoms with E-state index in [1.807, 2.05) is 18.2 Å². The van der Waals surface area contributed by atoms with Crippen LogP contribution in [-0.4, -0.2) is 24.5 Å². The second kappa shape index (κ2) is 8.63. The molecule has 3 aliphatic carbocycles. The average molecular weight is 452 g/mol. The Kier molecular flexibility index (Phi) is 5.95. The molecule has 4 aliphatic rings. The predicted molar refractivity (Wildman–Crippen MR) is 132 cm³/mol. The van der Waals surface area contributed by atoms with Gasteiger partial charge in [0.15, 0.2) is 0 Å². The largest absolute Gasteiger partial charge is 0.353 e. The van der Waals surface area contributed by atoms with Crippen molar-refractivity contribution in [1.82, 2.24) is 10.6 Å². The molecule has 33 heavy (non-hydrogen) atoms. The molecule has 1 saturated heterocycles. The van der Waals surface area contributed by atoms with Gasteiger partial charge in [-0.05, 0) is 97.5 Å². The summed E-state index contributed by atoms with van der Waals surface area (Å²) in [7, 11) is 0. The molecule has 0 unspecified atom stereocenters. The fourth-order valence-electron chi connectivity index (χ4n) is 8.48. The van der Waals surface area contributed by atoms with Gasteiger partial charge in [-0.25, -0.2) is 4.79 Å². The van der Waals surface area contributed by atoms with E-state index in [2.05, 4.69) is 42.8 Å². The van der Waals surface area contributed by atoms with Crippen molar-refractivity contribution in [1.29, 1.82) is 0 Å². The first-order valence-corrected chi connectivity index (χ1v) is 13.3. The third kappa shape index (κ3) is 3.85. The Hall–Kier alpha value is -2.04. The minimum absolute atomic E-state index is 0.0809. The Morgan fingerprint density at radius 3 is 2.64 bits per heavy atom. The van der Waals surface area contributed by atoms with E-state index in [-0.39, 0.29) is 17.4 Å². The highest BCUT2D eigenvalue weighted by Crippen LogP contribution is 2.65. The summed E-state index contributed by atoms with van der Waals surface area (Å²) in [5, 5.41) is 9.62. The summed E-state index contributed by atoms with van der Waals surface area (Å²) in [4.78, 5) is 24.7. The first-order chi connectivity index (χ1) is 15.8. The molecular weight excluding hydrogens is 410 g/mol. The van der Waals surface area contributed by atoms with Gasteiger partial charge in [-0.3, -0.25) is 4.79 Å². The molecule has 0 bridgehead atoms. The van der Waals surface area contributed by atoms with Crippen LogP contribution >= 0.6 is 0 Å². The zero-order valence-corrected chi connectivity index (χ0v) is 20.6. The van der Waals surface area contributed by atoms with Crippen LogP contribution < -0.4 is 16.0 Å². The molecule has 0 aromatic heterocycles. The molecular formula is C28H41N3O2. The van der Waals surface area contributed by atoms with Crippen molar-refractivity contribution >= 4 is 17.6 Å². The molecule has 5 heteroatoms. The van der Waals surface area contributed by atoms with Crippen LogP contribution in [0.25, 0.3) is 0 Å². The van der Waals surface area contributed by atoms with Gasteiger partial charge in [0.05, 0.1) is 0 Å². The van der Waals surface area contributed by atoms with E-state index < -0.39 is 0 Å². The summed E-state index contributed by atoms with van der Waals surface area (Å²) in [6.45, 7) is 7.85. The van der Waals surface area contributed by atoms with Crippen LogP contribution in [0.1, 0.15) is 77.7 Å². The van der Waals surface area contributed by atoms with Crippen LogP contribution in [0, 0.1) is 34.5 Å². The van der Waals surface area contributed by atoms with Crippen LogP contribution in [0.15, 0.2) is 24.3 Å². The minimum Gasteiger partial charge on any atom is -0.353 e. The van der Waals surface area contributed by atoms with Gasteiger partial charge in [-0.2, -0.15) is 0 Å². The number of carbonyl (C=O) groups is 2. The molecule has 3 N–H and O–H groups in total. The third-order valence-corrected chi connectivity index (χ3v) is 10.4. The van der Waals surface area contributed by atoms with Crippen molar-refractivity contribution in [2.24, 2.45) is 34.5 Å². The Balaban J connectivity index is 1.23. The maximum atomic E-state index is 12.7. The average Bonchev–Trinajstić information content (AvgIpc) is 3.15. The zero-order chi connectivity index (χ0) is 23.2. The summed E-state index contributed by atoms with van der Waals surface area (Å²) >= 11 is 0. The quantitative estimate of drug-likeness (QED) is 0.565. The Morgan fingerprint density at radius 1 is 1.03 bits per heavy atom. The molecule has 5 rings (SSSR count). The molecule has 1 heterocycles. The van der Waals surface area contributed by atoms with Crippen LogP contribution in [0.5, 0.6) is 0 Å². The summed E-state index contributed by atoms with van der Waals surface area (Å²) in [6, 6.07) is 8.34. The van der Waals surface area contributed by atoms with E-state index in [4.69, 9.17) is 0 Å². The summed E-state index contributed by atoms with van der Waals surface area (Å²) in [5.41, 5.74) is 2.66. The maximum absolute atomic E-state index is 12.7. The normalized spacial score (nSPS) is 39.6. The highest BCUT2D eigenvalue weighted by Gasteiger charge is 2.60. The number of piperidine rings is 1. The van der Waals surface area contributed by atoms with Crippen LogP contribution in [-0.2, 0) is 11.2 Å². The second-order valence-electron chi connectivity index (χ2n) is 11.7. The van der Waals surface area contributed by atoms with Gasteiger partial charge < -0.3 is 16.0 Å². The SMILES string of the molecule is CCc1ccccc1NC(=O)NC[C@H]1CC[C@H]2[C@@H]3CC[C@H]4NC(=O)CC[C@]4(C)[C@H]3CC[C@]12C. The number of amides is 3. The lowest BCUT2D eigenvalue weighted by Crippen LogP contribution is -2.61. The Labute approximate surface area is 198 Å². The lowest BCUT2D eigenvalue weighted by Gasteiger charge is -2.60. The molecule has 0 spiro atoms. The van der Waals surface area contributed by atoms with Gasteiger partial charge in [0.25, 0.3) is 0 Å². The number of carbonyl (C=O) groups excluding carboxylic acids is 2. The Morgan fingerprint density at radius 2 is 1.82 bits per heavy atom. The zero-order valence-electron chi connectivity index (χ0n) is 20.6. The molecule has 3 saturated carbocycles. The lowest BCUT2D eigenvalue weighted by molar-refractivity contribution is -0.136. The van der Waals surface area contributed by atoms with E-state index in [1.165, 1.54) is 37.7 Å². The monoisotopic (exact) mass is 451 g/mol. The van der Waals surface area contributed by atoms with E-state index in [0.29, 0.717) is 23.8 Å². The smallest absolute Gasteiger partial charge is 0.319 e. The maximum Gasteiger partial charge on any atom is 0.319 e. The van der Waals surface area contributed by atoms with Gasteiger partial charge in [0.2, 0.25) is 5.91 Å². The number of hydrogen-bond donors (Lipinski definition) is 3. The number of benzene rings is 1. The van der Waals surface area contributed by atoms with Gasteiger partial charge in [-0.15, -0.1) is 0 Å². The molecule has 1 aliphatic heterocycles. The van der Waals surface area contributed by atoms with E-state index in [1.54, 1.807) is 0 Å². The van der Waals surface area contributed by atoms with Crippen molar-refractivity contribution in [2.45, 2.75) is 84.6 Å². The number of aryl methyl sites for hydroxylation is 1. The van der Waals surface area contributed by atoms with E-state index >= 15 is 0 Å². The second-order valence-corrected chi connectivity index (χ2v) is 11.7.